The average molecular weight is 455 g/mol. The second-order valence-corrected chi connectivity index (χ2v) is 8.32. The highest BCUT2D eigenvalue weighted by atomic mass is 19.4. The van der Waals surface area contributed by atoms with Crippen molar-refractivity contribution >= 4 is 5.91 Å². The van der Waals surface area contributed by atoms with E-state index in [1.165, 1.54) is 6.07 Å². The van der Waals surface area contributed by atoms with Crippen LogP contribution in [0.3, 0.4) is 0 Å². The molecular formula is C23H20F3N5O2. The number of hydrogen-bond donors (Lipinski definition) is 0. The molecule has 3 atom stereocenters. The molecule has 33 heavy (non-hydrogen) atoms. The highest BCUT2D eigenvalue weighted by Gasteiger charge is 2.49. The number of likely N-dealkylation sites (tertiary alicyclic amines) is 1. The standard InChI is InChI=1S/C23H20F3N5O2/c1-13-3-5-16(20(30-13)21-27-7-2-8-28-21)22(32)31-12-14-9-17(31)18(10-14)33-19-6-4-15(11-29-19)23(24,25)26/h2-8,11,14,17-18H,9-10,12H2,1H3/t14-,17+,18-/m1/s1. The molecule has 7 nitrogen and oxygen atoms in total. The molecule has 1 aliphatic carbocycles. The van der Waals surface area contributed by atoms with Crippen LogP contribution in [0.1, 0.15) is 34.5 Å². The summed E-state index contributed by atoms with van der Waals surface area (Å²) in [5.41, 5.74) is 0.740. The second-order valence-electron chi connectivity index (χ2n) is 8.32. The van der Waals surface area contributed by atoms with Crippen LogP contribution in [0.5, 0.6) is 5.88 Å². The molecule has 1 aliphatic heterocycles. The van der Waals surface area contributed by atoms with Gasteiger partial charge >= 0.3 is 6.18 Å². The molecule has 2 fully saturated rings. The van der Waals surface area contributed by atoms with Crippen molar-refractivity contribution in [2.75, 3.05) is 6.54 Å². The summed E-state index contributed by atoms with van der Waals surface area (Å²) in [5.74, 6) is 0.554. The van der Waals surface area contributed by atoms with Crippen molar-refractivity contribution in [3.8, 4) is 17.4 Å². The topological polar surface area (TPSA) is 81.1 Å². The fourth-order valence-electron chi connectivity index (χ4n) is 4.57. The number of piperidine rings is 1. The van der Waals surface area contributed by atoms with Crippen LogP contribution < -0.4 is 4.74 Å². The Labute approximate surface area is 187 Å². The van der Waals surface area contributed by atoms with E-state index >= 15 is 0 Å². The molecule has 0 unspecified atom stereocenters. The zero-order chi connectivity index (χ0) is 23.2. The maximum absolute atomic E-state index is 13.5. The quantitative estimate of drug-likeness (QED) is 0.593. The van der Waals surface area contributed by atoms with Gasteiger partial charge in [-0.15, -0.1) is 0 Å². The van der Waals surface area contributed by atoms with E-state index in [4.69, 9.17) is 4.74 Å². The number of amides is 1. The molecule has 3 aromatic heterocycles. The summed E-state index contributed by atoms with van der Waals surface area (Å²) in [4.78, 5) is 32.1. The molecule has 1 saturated heterocycles. The highest BCUT2D eigenvalue weighted by Crippen LogP contribution is 2.41. The van der Waals surface area contributed by atoms with Gasteiger partial charge in [0.1, 0.15) is 11.8 Å². The van der Waals surface area contributed by atoms with Crippen LogP contribution in [0, 0.1) is 12.8 Å². The minimum absolute atomic E-state index is 0.114. The molecule has 0 aromatic carbocycles. The third-order valence-electron chi connectivity index (χ3n) is 6.06. The fourth-order valence-corrected chi connectivity index (χ4v) is 4.57. The lowest BCUT2D eigenvalue weighted by Gasteiger charge is -2.33. The monoisotopic (exact) mass is 455 g/mol. The normalized spacial score (nSPS) is 21.9. The number of aromatic nitrogens is 4. The van der Waals surface area contributed by atoms with E-state index in [9.17, 15) is 18.0 Å². The summed E-state index contributed by atoms with van der Waals surface area (Å²) >= 11 is 0. The van der Waals surface area contributed by atoms with Crippen LogP contribution in [-0.2, 0) is 6.18 Å². The van der Waals surface area contributed by atoms with Gasteiger partial charge in [0.25, 0.3) is 5.91 Å². The number of fused-ring (bicyclic) bond motifs is 2. The molecule has 170 valence electrons. The van der Waals surface area contributed by atoms with Gasteiger partial charge in [-0.25, -0.2) is 19.9 Å². The van der Waals surface area contributed by atoms with Crippen LogP contribution in [0.2, 0.25) is 0 Å². The molecule has 1 saturated carbocycles. The van der Waals surface area contributed by atoms with Crippen molar-refractivity contribution in [1.29, 1.82) is 0 Å². The molecular weight excluding hydrogens is 435 g/mol. The van der Waals surface area contributed by atoms with Crippen LogP contribution >= 0.6 is 0 Å². The number of alkyl halides is 3. The van der Waals surface area contributed by atoms with E-state index in [2.05, 4.69) is 19.9 Å². The van der Waals surface area contributed by atoms with Crippen LogP contribution in [0.4, 0.5) is 13.2 Å². The molecule has 10 heteroatoms. The van der Waals surface area contributed by atoms with Crippen molar-refractivity contribution in [2.24, 2.45) is 5.92 Å². The number of ether oxygens (including phenoxy) is 1. The summed E-state index contributed by atoms with van der Waals surface area (Å²) in [6.07, 6.45) is 0.648. The number of rotatable bonds is 4. The van der Waals surface area contributed by atoms with Gasteiger partial charge in [-0.05, 0) is 49.9 Å². The van der Waals surface area contributed by atoms with Gasteiger partial charge in [0.05, 0.1) is 17.2 Å². The molecule has 2 aliphatic rings. The average Bonchev–Trinajstić information content (AvgIpc) is 3.40. The Morgan fingerprint density at radius 1 is 1.09 bits per heavy atom. The molecule has 0 spiro atoms. The number of carbonyl (C=O) groups excluding carboxylic acids is 1. The van der Waals surface area contributed by atoms with Gasteiger partial charge in [-0.1, -0.05) is 0 Å². The van der Waals surface area contributed by atoms with Gasteiger partial charge in [0.2, 0.25) is 5.88 Å². The summed E-state index contributed by atoms with van der Waals surface area (Å²) in [6.45, 7) is 2.42. The number of nitrogens with zero attached hydrogens (tertiary/aromatic N) is 5. The number of pyridine rings is 2. The van der Waals surface area contributed by atoms with Crippen molar-refractivity contribution < 1.29 is 22.7 Å². The van der Waals surface area contributed by atoms with Gasteiger partial charge < -0.3 is 9.64 Å². The van der Waals surface area contributed by atoms with Crippen molar-refractivity contribution in [2.45, 2.75) is 38.1 Å². The number of halogens is 3. The summed E-state index contributed by atoms with van der Waals surface area (Å²) in [6, 6.07) is 7.16. The van der Waals surface area contributed by atoms with E-state index in [1.807, 2.05) is 6.92 Å². The first-order valence-electron chi connectivity index (χ1n) is 10.6. The zero-order valence-corrected chi connectivity index (χ0v) is 17.7. The SMILES string of the molecule is Cc1ccc(C(=O)N2C[C@H]3C[C@@H](Oc4ccc(C(F)(F)F)cn4)[C@@H]2C3)c(-c2ncccn2)n1. The van der Waals surface area contributed by atoms with Crippen LogP contribution in [0.15, 0.2) is 48.9 Å². The Bertz CT molecular complexity index is 1170. The fraction of sp³-hybridized carbons (Fsp3) is 0.348. The lowest BCUT2D eigenvalue weighted by Crippen LogP contribution is -2.47. The van der Waals surface area contributed by atoms with E-state index in [-0.39, 0.29) is 29.9 Å². The number of aryl methyl sites for hydroxylation is 1. The Balaban J connectivity index is 1.37. The third kappa shape index (κ3) is 4.12. The van der Waals surface area contributed by atoms with Crippen LogP contribution in [0.25, 0.3) is 11.5 Å². The molecule has 4 heterocycles. The lowest BCUT2D eigenvalue weighted by molar-refractivity contribution is -0.137. The maximum atomic E-state index is 13.5. The largest absolute Gasteiger partial charge is 0.472 e. The van der Waals surface area contributed by atoms with Crippen molar-refractivity contribution in [3.63, 3.8) is 0 Å². The van der Waals surface area contributed by atoms with E-state index in [0.717, 1.165) is 30.8 Å². The molecule has 0 radical (unpaired) electrons. The summed E-state index contributed by atoms with van der Waals surface area (Å²) in [7, 11) is 0. The van der Waals surface area contributed by atoms with Gasteiger partial charge in [0, 0.05) is 36.9 Å². The second kappa shape index (κ2) is 8.09. The van der Waals surface area contributed by atoms with Crippen molar-refractivity contribution in [3.05, 3.63) is 65.7 Å². The summed E-state index contributed by atoms with van der Waals surface area (Å²) in [5, 5.41) is 0. The lowest BCUT2D eigenvalue weighted by atomic mass is 10.0. The predicted octanol–water partition coefficient (Wildman–Crippen LogP) is 3.94. The predicted molar refractivity (Wildman–Crippen MR) is 111 cm³/mol. The van der Waals surface area contributed by atoms with Crippen molar-refractivity contribution in [1.82, 2.24) is 24.8 Å². The Kier molecular flexibility index (Phi) is 5.22. The molecule has 1 amide bonds. The first kappa shape index (κ1) is 21.3. The van der Waals surface area contributed by atoms with Crippen LogP contribution in [-0.4, -0.2) is 49.4 Å². The van der Waals surface area contributed by atoms with Gasteiger partial charge in [0.15, 0.2) is 5.82 Å². The molecule has 3 aromatic rings. The highest BCUT2D eigenvalue weighted by molar-refractivity contribution is 5.99. The Morgan fingerprint density at radius 3 is 2.55 bits per heavy atom. The summed E-state index contributed by atoms with van der Waals surface area (Å²) < 4.78 is 44.3. The number of hydrogen-bond acceptors (Lipinski definition) is 6. The zero-order valence-electron chi connectivity index (χ0n) is 17.7. The minimum Gasteiger partial charge on any atom is -0.472 e. The van der Waals surface area contributed by atoms with Gasteiger partial charge in [-0.2, -0.15) is 13.2 Å². The van der Waals surface area contributed by atoms with E-state index in [0.29, 0.717) is 23.6 Å². The third-order valence-corrected chi connectivity index (χ3v) is 6.06. The van der Waals surface area contributed by atoms with E-state index < -0.39 is 11.7 Å². The molecule has 0 N–H and O–H groups in total. The maximum Gasteiger partial charge on any atom is 0.417 e. The molecule has 2 bridgehead atoms. The minimum atomic E-state index is -4.45. The Hall–Kier alpha value is -3.56. The molecule has 5 rings (SSSR count). The van der Waals surface area contributed by atoms with E-state index in [1.54, 1.807) is 35.5 Å². The first-order valence-corrected chi connectivity index (χ1v) is 10.6. The Morgan fingerprint density at radius 2 is 1.88 bits per heavy atom. The smallest absolute Gasteiger partial charge is 0.417 e. The van der Waals surface area contributed by atoms with Gasteiger partial charge in [-0.3, -0.25) is 4.79 Å². The first-order chi connectivity index (χ1) is 15.8. The number of carbonyl (C=O) groups is 1.